The molecule has 1 aliphatic rings. The van der Waals surface area contributed by atoms with Gasteiger partial charge in [0.25, 0.3) is 0 Å². The molecule has 0 spiro atoms. The third-order valence-electron chi connectivity index (χ3n) is 1.25. The number of rotatable bonds is 1. The van der Waals surface area contributed by atoms with Crippen molar-refractivity contribution in [3.05, 3.63) is 0 Å². The molecule has 0 aromatic carbocycles. The zero-order valence-corrected chi connectivity index (χ0v) is 4.74. The minimum Gasteiger partial charge on any atom is -0.476 e. The summed E-state index contributed by atoms with van der Waals surface area (Å²) in [5.74, 6) is 0. The lowest BCUT2D eigenvalue weighted by atomic mass is 10.2. The van der Waals surface area contributed by atoms with Crippen LogP contribution in [0.1, 0.15) is 6.92 Å². The summed E-state index contributed by atoms with van der Waals surface area (Å²) in [5.41, 5.74) is 0. The molecule has 3 heteroatoms. The lowest BCUT2D eigenvalue weighted by Gasteiger charge is -2.07. The maximum absolute atomic E-state index is 8.53. The first kappa shape index (κ1) is 5.56. The Balaban J connectivity index is 2.38. The van der Waals surface area contributed by atoms with Crippen LogP contribution in [0.15, 0.2) is 4.99 Å². The van der Waals surface area contributed by atoms with E-state index < -0.39 is 0 Å². The van der Waals surface area contributed by atoms with Crippen molar-refractivity contribution in [2.24, 2.45) is 4.99 Å². The summed E-state index contributed by atoms with van der Waals surface area (Å²) in [6.07, 6.45) is 1.29. The monoisotopic (exact) mass is 115 g/mol. The minimum atomic E-state index is -0.102. The second-order valence-corrected chi connectivity index (χ2v) is 1.85. The number of aliphatic hydroxyl groups is 1. The molecule has 0 fully saturated rings. The summed E-state index contributed by atoms with van der Waals surface area (Å²) in [5, 5.41) is 8.53. The molecule has 0 aromatic rings. The van der Waals surface area contributed by atoms with Crippen molar-refractivity contribution in [2.45, 2.75) is 19.1 Å². The van der Waals surface area contributed by atoms with Gasteiger partial charge in [0.1, 0.15) is 6.10 Å². The van der Waals surface area contributed by atoms with E-state index in [1.807, 2.05) is 6.92 Å². The number of aliphatic imine (C=N–C) groups is 1. The molecule has 1 N–H and O–H groups in total. The van der Waals surface area contributed by atoms with Gasteiger partial charge in [-0.1, -0.05) is 0 Å². The Labute approximate surface area is 48.0 Å². The first-order valence-electron chi connectivity index (χ1n) is 2.62. The van der Waals surface area contributed by atoms with Crippen molar-refractivity contribution < 1.29 is 9.84 Å². The Bertz CT molecular complexity index is 103. The topological polar surface area (TPSA) is 41.8 Å². The highest BCUT2D eigenvalue weighted by Crippen LogP contribution is 2.06. The Kier molecular flexibility index (Phi) is 1.48. The van der Waals surface area contributed by atoms with Crippen LogP contribution in [0.4, 0.5) is 0 Å². The van der Waals surface area contributed by atoms with Gasteiger partial charge in [-0.3, -0.25) is 4.99 Å². The van der Waals surface area contributed by atoms with Gasteiger partial charge < -0.3 is 9.84 Å². The van der Waals surface area contributed by atoms with E-state index >= 15 is 0 Å². The van der Waals surface area contributed by atoms with E-state index in [-0.39, 0.29) is 18.8 Å². The van der Waals surface area contributed by atoms with Crippen molar-refractivity contribution in [3.8, 4) is 0 Å². The zero-order chi connectivity index (χ0) is 5.98. The number of ether oxygens (including phenoxy) is 1. The van der Waals surface area contributed by atoms with Crippen molar-refractivity contribution in [1.29, 1.82) is 0 Å². The van der Waals surface area contributed by atoms with Gasteiger partial charge in [0, 0.05) is 0 Å². The van der Waals surface area contributed by atoms with Crippen molar-refractivity contribution in [1.82, 2.24) is 0 Å². The van der Waals surface area contributed by atoms with Gasteiger partial charge in [-0.05, 0) is 6.92 Å². The highest BCUT2D eigenvalue weighted by atomic mass is 16.5. The van der Waals surface area contributed by atoms with Gasteiger partial charge in [0.15, 0.2) is 6.40 Å². The molecule has 1 rings (SSSR count). The van der Waals surface area contributed by atoms with Gasteiger partial charge in [0.05, 0.1) is 12.6 Å². The van der Waals surface area contributed by atoms with Crippen LogP contribution in [-0.2, 0) is 4.74 Å². The van der Waals surface area contributed by atoms with Crippen molar-refractivity contribution >= 4 is 6.40 Å². The van der Waals surface area contributed by atoms with Crippen LogP contribution in [0.5, 0.6) is 0 Å². The number of nitrogens with zero attached hydrogens (tertiary/aromatic N) is 1. The molecule has 3 nitrogen and oxygen atoms in total. The highest BCUT2D eigenvalue weighted by Gasteiger charge is 2.19. The molecule has 0 aromatic heterocycles. The molecule has 46 valence electrons. The lowest BCUT2D eigenvalue weighted by molar-refractivity contribution is 0.115. The van der Waals surface area contributed by atoms with Crippen LogP contribution in [0.25, 0.3) is 0 Å². The van der Waals surface area contributed by atoms with E-state index in [2.05, 4.69) is 4.99 Å². The fourth-order valence-corrected chi connectivity index (χ4v) is 0.615. The van der Waals surface area contributed by atoms with Crippen LogP contribution in [0, 0.1) is 0 Å². The largest absolute Gasteiger partial charge is 0.476 e. The first-order valence-corrected chi connectivity index (χ1v) is 2.62. The van der Waals surface area contributed by atoms with Gasteiger partial charge in [-0.2, -0.15) is 0 Å². The molecule has 0 aliphatic carbocycles. The van der Waals surface area contributed by atoms with E-state index in [0.717, 1.165) is 0 Å². The molecule has 2 atom stereocenters. The summed E-state index contributed by atoms with van der Waals surface area (Å²) in [6.45, 7) is 1.96. The van der Waals surface area contributed by atoms with Crippen LogP contribution in [0.2, 0.25) is 0 Å². The van der Waals surface area contributed by atoms with E-state index in [9.17, 15) is 0 Å². The third kappa shape index (κ3) is 0.816. The lowest BCUT2D eigenvalue weighted by Crippen LogP contribution is -2.22. The predicted octanol–water partition coefficient (Wildman–Crippen LogP) is -0.206. The quantitative estimate of drug-likeness (QED) is 0.514. The summed E-state index contributed by atoms with van der Waals surface area (Å²) in [7, 11) is 0. The second kappa shape index (κ2) is 2.13. The Morgan fingerprint density at radius 1 is 1.88 bits per heavy atom. The summed E-state index contributed by atoms with van der Waals surface area (Å²) in [6, 6.07) is 0.125. The second-order valence-electron chi connectivity index (χ2n) is 1.85. The van der Waals surface area contributed by atoms with Gasteiger partial charge in [-0.15, -0.1) is 0 Å². The Hall–Kier alpha value is -0.570. The molecule has 8 heavy (non-hydrogen) atoms. The molecule has 0 bridgehead atoms. The SMILES string of the molecule is C[C@H]1N=CO[C@H]1CO. The maximum atomic E-state index is 8.53. The number of aliphatic hydroxyl groups excluding tert-OH is 1. The Morgan fingerprint density at radius 2 is 2.62 bits per heavy atom. The average Bonchev–Trinajstić information content (AvgIpc) is 2.14. The summed E-state index contributed by atoms with van der Waals surface area (Å²) >= 11 is 0. The molecule has 0 saturated carbocycles. The van der Waals surface area contributed by atoms with Crippen LogP contribution < -0.4 is 0 Å². The maximum Gasteiger partial charge on any atom is 0.170 e. The molecule has 0 radical (unpaired) electrons. The van der Waals surface area contributed by atoms with E-state index in [1.54, 1.807) is 0 Å². The molecule has 1 aliphatic heterocycles. The highest BCUT2D eigenvalue weighted by molar-refractivity contribution is 5.49. The summed E-state index contributed by atoms with van der Waals surface area (Å²) < 4.78 is 4.87. The molecule has 0 unspecified atom stereocenters. The van der Waals surface area contributed by atoms with Crippen molar-refractivity contribution in [2.75, 3.05) is 6.61 Å². The fraction of sp³-hybridized carbons (Fsp3) is 0.800. The number of hydrogen-bond donors (Lipinski definition) is 1. The number of hydrogen-bond acceptors (Lipinski definition) is 3. The van der Waals surface area contributed by atoms with Crippen LogP contribution in [-0.4, -0.2) is 30.3 Å². The standard InChI is InChI=1S/C5H9NO2/c1-4-5(2-7)8-3-6-4/h3-5,7H,2H2,1H3/t4-,5+/m1/s1. The smallest absolute Gasteiger partial charge is 0.170 e. The van der Waals surface area contributed by atoms with Crippen LogP contribution in [0.3, 0.4) is 0 Å². The molecular formula is C5H9NO2. The van der Waals surface area contributed by atoms with E-state index in [1.165, 1.54) is 6.40 Å². The molecular weight excluding hydrogens is 106 g/mol. The normalized spacial score (nSPS) is 35.2. The summed E-state index contributed by atoms with van der Waals surface area (Å²) in [4.78, 5) is 3.88. The van der Waals surface area contributed by atoms with Gasteiger partial charge in [0.2, 0.25) is 0 Å². The van der Waals surface area contributed by atoms with Crippen molar-refractivity contribution in [3.63, 3.8) is 0 Å². The van der Waals surface area contributed by atoms with E-state index in [0.29, 0.717) is 0 Å². The predicted molar refractivity (Wildman–Crippen MR) is 29.9 cm³/mol. The fourth-order valence-electron chi connectivity index (χ4n) is 0.615. The third-order valence-corrected chi connectivity index (χ3v) is 1.25. The minimum absolute atomic E-state index is 0.0567. The van der Waals surface area contributed by atoms with Gasteiger partial charge >= 0.3 is 0 Å². The molecule has 1 heterocycles. The first-order chi connectivity index (χ1) is 3.84. The Morgan fingerprint density at radius 3 is 2.88 bits per heavy atom. The average molecular weight is 115 g/mol. The molecule has 0 amide bonds. The molecule has 0 saturated heterocycles. The van der Waals surface area contributed by atoms with E-state index in [4.69, 9.17) is 9.84 Å². The van der Waals surface area contributed by atoms with Crippen LogP contribution >= 0.6 is 0 Å². The zero-order valence-electron chi connectivity index (χ0n) is 4.74. The van der Waals surface area contributed by atoms with Gasteiger partial charge in [-0.25, -0.2) is 0 Å².